The summed E-state index contributed by atoms with van der Waals surface area (Å²) in [6.45, 7) is 5.00. The largest absolute Gasteiger partial charge is 0.444 e. The quantitative estimate of drug-likeness (QED) is 0.629. The zero-order valence-corrected chi connectivity index (χ0v) is 16.9. The Bertz CT molecular complexity index is 1030. The number of alkyl carbamates (subject to hydrolysis) is 1. The lowest BCUT2D eigenvalue weighted by atomic mass is 10.2. The van der Waals surface area contributed by atoms with Crippen LogP contribution >= 0.6 is 11.3 Å². The standard InChI is InChI=1S/C20H20FN3O4S/c1-20(2,3)28-18(26)22-11-17(25)23-13-5-7-14(8-6-13)27-19-24-15-9-4-12(21)10-16(15)29-19/h4-10H,11H2,1-3H3,(H,22,26)(H,23,25). The highest BCUT2D eigenvalue weighted by atomic mass is 32.1. The Hall–Kier alpha value is -3.20. The highest BCUT2D eigenvalue weighted by Gasteiger charge is 2.16. The number of halogens is 1. The molecule has 0 spiro atoms. The van der Waals surface area contributed by atoms with Crippen molar-refractivity contribution in [2.75, 3.05) is 11.9 Å². The van der Waals surface area contributed by atoms with E-state index in [0.717, 1.165) is 0 Å². The van der Waals surface area contributed by atoms with Gasteiger partial charge in [-0.3, -0.25) is 4.79 Å². The highest BCUT2D eigenvalue weighted by Crippen LogP contribution is 2.32. The summed E-state index contributed by atoms with van der Waals surface area (Å²) in [5, 5.41) is 5.44. The van der Waals surface area contributed by atoms with Crippen LogP contribution in [-0.2, 0) is 9.53 Å². The number of ether oxygens (including phenoxy) is 2. The monoisotopic (exact) mass is 417 g/mol. The van der Waals surface area contributed by atoms with Gasteiger partial charge in [0.1, 0.15) is 23.7 Å². The van der Waals surface area contributed by atoms with E-state index in [0.29, 0.717) is 26.8 Å². The molecule has 0 unspecified atom stereocenters. The lowest BCUT2D eigenvalue weighted by Crippen LogP contribution is -2.37. The molecule has 3 rings (SSSR count). The van der Waals surface area contributed by atoms with Gasteiger partial charge in [-0.05, 0) is 63.2 Å². The topological polar surface area (TPSA) is 89.5 Å². The maximum Gasteiger partial charge on any atom is 0.408 e. The van der Waals surface area contributed by atoms with Crippen molar-refractivity contribution in [3.05, 3.63) is 48.3 Å². The Kier molecular flexibility index (Phi) is 5.97. The first kappa shape index (κ1) is 20.5. The van der Waals surface area contributed by atoms with Gasteiger partial charge in [-0.15, -0.1) is 0 Å². The van der Waals surface area contributed by atoms with Gasteiger partial charge in [-0.1, -0.05) is 11.3 Å². The molecule has 0 saturated heterocycles. The third-order valence-corrected chi connectivity index (χ3v) is 4.36. The molecule has 0 saturated carbocycles. The van der Waals surface area contributed by atoms with E-state index in [1.165, 1.54) is 23.5 Å². The molecular formula is C20H20FN3O4S. The summed E-state index contributed by atoms with van der Waals surface area (Å²) < 4.78 is 24.7. The van der Waals surface area contributed by atoms with Gasteiger partial charge in [0, 0.05) is 5.69 Å². The zero-order valence-electron chi connectivity index (χ0n) is 16.1. The van der Waals surface area contributed by atoms with Gasteiger partial charge in [0.2, 0.25) is 5.91 Å². The minimum Gasteiger partial charge on any atom is -0.444 e. The Labute approximate surface area is 170 Å². The van der Waals surface area contributed by atoms with Crippen LogP contribution in [0.5, 0.6) is 10.9 Å². The van der Waals surface area contributed by atoms with Crippen LogP contribution in [0.2, 0.25) is 0 Å². The molecule has 29 heavy (non-hydrogen) atoms. The second-order valence-electron chi connectivity index (χ2n) is 7.12. The fourth-order valence-corrected chi connectivity index (χ4v) is 3.16. The van der Waals surface area contributed by atoms with Crippen molar-refractivity contribution in [1.82, 2.24) is 10.3 Å². The number of aromatic nitrogens is 1. The third kappa shape index (κ3) is 6.15. The number of fused-ring (bicyclic) bond motifs is 1. The molecule has 0 bridgehead atoms. The number of rotatable bonds is 5. The molecule has 1 aromatic heterocycles. The lowest BCUT2D eigenvalue weighted by Gasteiger charge is -2.19. The second kappa shape index (κ2) is 8.44. The van der Waals surface area contributed by atoms with Crippen LogP contribution in [0, 0.1) is 5.82 Å². The van der Waals surface area contributed by atoms with E-state index >= 15 is 0 Å². The number of hydrogen-bond donors (Lipinski definition) is 2. The maximum absolute atomic E-state index is 13.3. The van der Waals surface area contributed by atoms with Crippen molar-refractivity contribution in [3.63, 3.8) is 0 Å². The van der Waals surface area contributed by atoms with Crippen LogP contribution in [0.3, 0.4) is 0 Å². The van der Waals surface area contributed by atoms with Crippen molar-refractivity contribution >= 4 is 39.2 Å². The Balaban J connectivity index is 1.52. The number of hydrogen-bond acceptors (Lipinski definition) is 6. The molecule has 7 nitrogen and oxygen atoms in total. The Morgan fingerprint density at radius 3 is 2.55 bits per heavy atom. The van der Waals surface area contributed by atoms with E-state index in [9.17, 15) is 14.0 Å². The van der Waals surface area contributed by atoms with E-state index in [1.807, 2.05) is 0 Å². The molecule has 0 radical (unpaired) electrons. The fraction of sp³-hybridized carbons (Fsp3) is 0.250. The number of nitrogens with one attached hydrogen (secondary N) is 2. The Morgan fingerprint density at radius 2 is 1.86 bits per heavy atom. The lowest BCUT2D eigenvalue weighted by molar-refractivity contribution is -0.115. The molecule has 152 valence electrons. The van der Waals surface area contributed by atoms with Gasteiger partial charge < -0.3 is 20.1 Å². The van der Waals surface area contributed by atoms with E-state index < -0.39 is 17.6 Å². The van der Waals surface area contributed by atoms with Gasteiger partial charge in [0.15, 0.2) is 0 Å². The zero-order chi connectivity index (χ0) is 21.0. The number of amides is 2. The highest BCUT2D eigenvalue weighted by molar-refractivity contribution is 7.20. The molecule has 3 aromatic rings. The molecule has 0 aliphatic heterocycles. The molecule has 2 amide bonds. The normalized spacial score (nSPS) is 11.2. The molecule has 0 fully saturated rings. The number of thiazole rings is 1. The van der Waals surface area contributed by atoms with Crippen molar-refractivity contribution in [1.29, 1.82) is 0 Å². The second-order valence-corrected chi connectivity index (χ2v) is 8.12. The Morgan fingerprint density at radius 1 is 1.14 bits per heavy atom. The molecule has 0 aliphatic carbocycles. The summed E-state index contributed by atoms with van der Waals surface area (Å²) in [5.74, 6) is -0.193. The molecule has 9 heteroatoms. The molecular weight excluding hydrogens is 397 g/mol. The fourth-order valence-electron chi connectivity index (χ4n) is 2.30. The summed E-state index contributed by atoms with van der Waals surface area (Å²) in [6, 6.07) is 11.0. The predicted molar refractivity (Wildman–Crippen MR) is 109 cm³/mol. The SMILES string of the molecule is CC(C)(C)OC(=O)NCC(=O)Nc1ccc(Oc2nc3ccc(F)cc3s2)cc1. The van der Waals surface area contributed by atoms with Gasteiger partial charge in [-0.2, -0.15) is 0 Å². The van der Waals surface area contributed by atoms with Gasteiger partial charge in [0.25, 0.3) is 5.19 Å². The number of nitrogens with zero attached hydrogens (tertiary/aromatic N) is 1. The first-order chi connectivity index (χ1) is 13.7. The van der Waals surface area contributed by atoms with Crippen LogP contribution in [0.1, 0.15) is 20.8 Å². The molecule has 1 heterocycles. The first-order valence-electron chi connectivity index (χ1n) is 8.79. The predicted octanol–water partition coefficient (Wildman–Crippen LogP) is 4.69. The van der Waals surface area contributed by atoms with Crippen LogP contribution < -0.4 is 15.4 Å². The summed E-state index contributed by atoms with van der Waals surface area (Å²) in [7, 11) is 0. The van der Waals surface area contributed by atoms with Gasteiger partial charge in [0.05, 0.1) is 10.2 Å². The van der Waals surface area contributed by atoms with Crippen molar-refractivity contribution in [2.24, 2.45) is 0 Å². The van der Waals surface area contributed by atoms with Crippen LogP contribution in [0.4, 0.5) is 14.9 Å². The number of carbonyl (C=O) groups is 2. The van der Waals surface area contributed by atoms with E-state index in [-0.39, 0.29) is 12.4 Å². The van der Waals surface area contributed by atoms with Gasteiger partial charge in [-0.25, -0.2) is 14.2 Å². The maximum atomic E-state index is 13.3. The summed E-state index contributed by atoms with van der Waals surface area (Å²) >= 11 is 1.24. The molecule has 0 atom stereocenters. The number of anilines is 1. The average Bonchev–Trinajstić information content (AvgIpc) is 3.01. The van der Waals surface area contributed by atoms with Crippen molar-refractivity contribution in [2.45, 2.75) is 26.4 Å². The first-order valence-corrected chi connectivity index (χ1v) is 9.60. The summed E-state index contributed by atoms with van der Waals surface area (Å²) in [5.41, 5.74) is 0.570. The third-order valence-electron chi connectivity index (χ3n) is 3.47. The van der Waals surface area contributed by atoms with E-state index in [2.05, 4.69) is 15.6 Å². The van der Waals surface area contributed by atoms with Crippen LogP contribution in [0.15, 0.2) is 42.5 Å². The molecule has 2 aromatic carbocycles. The smallest absolute Gasteiger partial charge is 0.408 e. The van der Waals surface area contributed by atoms with Gasteiger partial charge >= 0.3 is 6.09 Å². The van der Waals surface area contributed by atoms with Crippen molar-refractivity contribution < 1.29 is 23.5 Å². The van der Waals surface area contributed by atoms with Crippen LogP contribution in [0.25, 0.3) is 10.2 Å². The molecule has 0 aliphatic rings. The summed E-state index contributed by atoms with van der Waals surface area (Å²) in [4.78, 5) is 27.8. The average molecular weight is 417 g/mol. The number of carbonyl (C=O) groups excluding carboxylic acids is 2. The van der Waals surface area contributed by atoms with Crippen LogP contribution in [-0.4, -0.2) is 29.1 Å². The summed E-state index contributed by atoms with van der Waals surface area (Å²) in [6.07, 6.45) is -0.660. The van der Waals surface area contributed by atoms with Crippen molar-refractivity contribution in [3.8, 4) is 10.9 Å². The molecule has 2 N–H and O–H groups in total. The minimum absolute atomic E-state index is 0.213. The van der Waals surface area contributed by atoms with E-state index in [4.69, 9.17) is 9.47 Å². The van der Waals surface area contributed by atoms with E-state index in [1.54, 1.807) is 51.1 Å². The number of benzene rings is 2. The minimum atomic E-state index is -0.660.